The Kier molecular flexibility index (Phi) is 3.24. The van der Waals surface area contributed by atoms with Crippen molar-refractivity contribution in [2.75, 3.05) is 0 Å². The smallest absolute Gasteiger partial charge is 0.271 e. The summed E-state index contributed by atoms with van der Waals surface area (Å²) in [4.78, 5) is 18.8. The number of amides is 1. The van der Waals surface area contributed by atoms with E-state index in [9.17, 15) is 4.79 Å². The predicted molar refractivity (Wildman–Crippen MR) is 77.6 cm³/mol. The molecule has 1 amide bonds. The molecule has 98 valence electrons. The number of nitrogens with one attached hydrogen (secondary N) is 2. The number of nitrogens with zero attached hydrogens (tertiary/aromatic N) is 2. The van der Waals surface area contributed by atoms with E-state index < -0.39 is 0 Å². The molecule has 0 aliphatic heterocycles. The maximum Gasteiger partial charge on any atom is 0.271 e. The SMILES string of the molecule is O=C(NN=Cc1cc2ccccc2[nH]1)c1ccncc1. The van der Waals surface area contributed by atoms with Crippen LogP contribution in [-0.2, 0) is 0 Å². The van der Waals surface area contributed by atoms with Gasteiger partial charge in [0.05, 0.1) is 11.9 Å². The Hall–Kier alpha value is -2.95. The molecular weight excluding hydrogens is 252 g/mol. The van der Waals surface area contributed by atoms with Crippen molar-refractivity contribution >= 4 is 23.0 Å². The quantitative estimate of drug-likeness (QED) is 0.563. The van der Waals surface area contributed by atoms with E-state index in [1.54, 1.807) is 30.7 Å². The van der Waals surface area contributed by atoms with Crippen molar-refractivity contribution in [1.82, 2.24) is 15.4 Å². The highest BCUT2D eigenvalue weighted by Crippen LogP contribution is 2.13. The summed E-state index contributed by atoms with van der Waals surface area (Å²) < 4.78 is 0. The number of rotatable bonds is 3. The van der Waals surface area contributed by atoms with E-state index in [1.807, 2.05) is 30.3 Å². The number of aromatic nitrogens is 2. The number of carbonyl (C=O) groups is 1. The zero-order chi connectivity index (χ0) is 13.8. The van der Waals surface area contributed by atoms with Crippen molar-refractivity contribution in [1.29, 1.82) is 0 Å². The van der Waals surface area contributed by atoms with Gasteiger partial charge in [0.15, 0.2) is 0 Å². The summed E-state index contributed by atoms with van der Waals surface area (Å²) >= 11 is 0. The maximum atomic E-state index is 11.7. The molecule has 2 heterocycles. The molecule has 0 unspecified atom stereocenters. The number of pyridine rings is 1. The Bertz CT molecular complexity index is 729. The van der Waals surface area contributed by atoms with E-state index in [0.29, 0.717) is 5.56 Å². The second-order valence-electron chi connectivity index (χ2n) is 4.25. The fourth-order valence-corrected chi connectivity index (χ4v) is 1.89. The van der Waals surface area contributed by atoms with Crippen molar-refractivity contribution in [2.24, 2.45) is 5.10 Å². The summed E-state index contributed by atoms with van der Waals surface area (Å²) in [5.74, 6) is -0.264. The molecule has 0 atom stereocenters. The molecule has 1 aromatic carbocycles. The van der Waals surface area contributed by atoms with Gasteiger partial charge in [-0.1, -0.05) is 18.2 Å². The predicted octanol–water partition coefficient (Wildman–Crippen LogP) is 2.33. The maximum absolute atomic E-state index is 11.7. The highest BCUT2D eigenvalue weighted by molar-refractivity contribution is 5.95. The van der Waals surface area contributed by atoms with Crippen molar-refractivity contribution in [3.8, 4) is 0 Å². The van der Waals surface area contributed by atoms with Crippen LogP contribution in [0.4, 0.5) is 0 Å². The fourth-order valence-electron chi connectivity index (χ4n) is 1.89. The van der Waals surface area contributed by atoms with Gasteiger partial charge in [-0.25, -0.2) is 5.43 Å². The van der Waals surface area contributed by atoms with Gasteiger partial charge in [-0.05, 0) is 24.3 Å². The third-order valence-electron chi connectivity index (χ3n) is 2.86. The minimum Gasteiger partial charge on any atom is -0.354 e. The van der Waals surface area contributed by atoms with E-state index in [2.05, 4.69) is 20.5 Å². The van der Waals surface area contributed by atoms with Crippen LogP contribution in [-0.4, -0.2) is 22.1 Å². The third kappa shape index (κ3) is 2.56. The third-order valence-corrected chi connectivity index (χ3v) is 2.86. The highest BCUT2D eigenvalue weighted by Gasteiger charge is 2.02. The lowest BCUT2D eigenvalue weighted by molar-refractivity contribution is 0.0955. The number of benzene rings is 1. The standard InChI is InChI=1S/C15H12N4O/c20-15(11-5-7-16-8-6-11)19-17-10-13-9-12-3-1-2-4-14(12)18-13/h1-10,18H,(H,19,20). The molecule has 2 N–H and O–H groups in total. The van der Waals surface area contributed by atoms with Crippen LogP contribution in [0.1, 0.15) is 16.1 Å². The molecule has 0 fully saturated rings. The number of hydrogen-bond acceptors (Lipinski definition) is 3. The van der Waals surface area contributed by atoms with Crippen LogP contribution in [0, 0.1) is 0 Å². The van der Waals surface area contributed by atoms with Crippen molar-refractivity contribution in [3.63, 3.8) is 0 Å². The van der Waals surface area contributed by atoms with Gasteiger partial charge in [0.25, 0.3) is 5.91 Å². The highest BCUT2D eigenvalue weighted by atomic mass is 16.2. The molecule has 0 saturated heterocycles. The Morgan fingerprint density at radius 1 is 1.20 bits per heavy atom. The fraction of sp³-hybridized carbons (Fsp3) is 0. The van der Waals surface area contributed by atoms with E-state index in [1.165, 1.54) is 0 Å². The first-order valence-corrected chi connectivity index (χ1v) is 6.14. The number of aromatic amines is 1. The Labute approximate surface area is 115 Å². The molecule has 3 aromatic rings. The minimum atomic E-state index is -0.264. The Morgan fingerprint density at radius 3 is 2.80 bits per heavy atom. The van der Waals surface area contributed by atoms with Crippen molar-refractivity contribution < 1.29 is 4.79 Å². The molecule has 0 saturated carbocycles. The molecule has 3 rings (SSSR count). The summed E-state index contributed by atoms with van der Waals surface area (Å²) in [7, 11) is 0. The number of carbonyl (C=O) groups excluding carboxylic acids is 1. The Morgan fingerprint density at radius 2 is 2.00 bits per heavy atom. The van der Waals surface area contributed by atoms with Crippen molar-refractivity contribution in [3.05, 3.63) is 66.1 Å². The van der Waals surface area contributed by atoms with Gasteiger partial charge in [-0.15, -0.1) is 0 Å². The summed E-state index contributed by atoms with van der Waals surface area (Å²) in [6.45, 7) is 0. The largest absolute Gasteiger partial charge is 0.354 e. The molecule has 0 aliphatic carbocycles. The molecule has 0 bridgehead atoms. The topological polar surface area (TPSA) is 70.1 Å². The van der Waals surface area contributed by atoms with Crippen LogP contribution in [0.15, 0.2) is 60.0 Å². The summed E-state index contributed by atoms with van der Waals surface area (Å²) in [6, 6.07) is 13.2. The van der Waals surface area contributed by atoms with Crippen molar-refractivity contribution in [2.45, 2.75) is 0 Å². The number of para-hydroxylation sites is 1. The van der Waals surface area contributed by atoms with E-state index in [0.717, 1.165) is 16.6 Å². The second-order valence-corrected chi connectivity index (χ2v) is 4.25. The Balaban J connectivity index is 1.70. The van der Waals surface area contributed by atoms with E-state index in [-0.39, 0.29) is 5.91 Å². The minimum absolute atomic E-state index is 0.264. The summed E-state index contributed by atoms with van der Waals surface area (Å²) in [6.07, 6.45) is 4.71. The molecule has 20 heavy (non-hydrogen) atoms. The molecular formula is C15H12N4O. The molecule has 0 radical (unpaired) electrons. The van der Waals surface area contributed by atoms with Gasteiger partial charge in [0, 0.05) is 28.9 Å². The normalized spacial score (nSPS) is 11.0. The van der Waals surface area contributed by atoms with E-state index >= 15 is 0 Å². The van der Waals surface area contributed by atoms with Gasteiger partial charge in [-0.3, -0.25) is 9.78 Å². The summed E-state index contributed by atoms with van der Waals surface area (Å²) in [5, 5.41) is 5.04. The first kappa shape index (κ1) is 12.1. The molecule has 2 aromatic heterocycles. The number of hydrazone groups is 1. The molecule has 0 spiro atoms. The molecule has 5 heteroatoms. The van der Waals surface area contributed by atoms with Crippen LogP contribution in [0.2, 0.25) is 0 Å². The van der Waals surface area contributed by atoms with Crippen LogP contribution >= 0.6 is 0 Å². The van der Waals surface area contributed by atoms with Crippen LogP contribution in [0.5, 0.6) is 0 Å². The average molecular weight is 264 g/mol. The second kappa shape index (κ2) is 5.36. The lowest BCUT2D eigenvalue weighted by Crippen LogP contribution is -2.17. The summed E-state index contributed by atoms with van der Waals surface area (Å²) in [5.41, 5.74) is 4.87. The lowest BCUT2D eigenvalue weighted by atomic mass is 10.2. The van der Waals surface area contributed by atoms with Gasteiger partial charge in [-0.2, -0.15) is 5.10 Å². The zero-order valence-electron chi connectivity index (χ0n) is 10.6. The average Bonchev–Trinajstić information content (AvgIpc) is 2.90. The van der Waals surface area contributed by atoms with Crippen LogP contribution < -0.4 is 5.43 Å². The van der Waals surface area contributed by atoms with Gasteiger partial charge in [0.2, 0.25) is 0 Å². The monoisotopic (exact) mass is 264 g/mol. The number of fused-ring (bicyclic) bond motifs is 1. The van der Waals surface area contributed by atoms with Crippen LogP contribution in [0.3, 0.4) is 0 Å². The van der Waals surface area contributed by atoms with Crippen LogP contribution in [0.25, 0.3) is 10.9 Å². The first-order valence-electron chi connectivity index (χ1n) is 6.14. The van der Waals surface area contributed by atoms with E-state index in [4.69, 9.17) is 0 Å². The zero-order valence-corrected chi connectivity index (χ0v) is 10.6. The molecule has 0 aliphatic rings. The van der Waals surface area contributed by atoms with Gasteiger partial charge >= 0.3 is 0 Å². The van der Waals surface area contributed by atoms with Gasteiger partial charge < -0.3 is 4.98 Å². The molecule has 5 nitrogen and oxygen atoms in total. The lowest BCUT2D eigenvalue weighted by Gasteiger charge is -1.97. The van der Waals surface area contributed by atoms with Gasteiger partial charge in [0.1, 0.15) is 0 Å². The first-order chi connectivity index (χ1) is 9.83. The number of hydrogen-bond donors (Lipinski definition) is 2. The number of H-pyrrole nitrogens is 1.